The first kappa shape index (κ1) is 15.4. The lowest BCUT2D eigenvalue weighted by Crippen LogP contribution is -2.46. The predicted octanol–water partition coefficient (Wildman–Crippen LogP) is 0.954. The van der Waals surface area contributed by atoms with Gasteiger partial charge in [-0.1, -0.05) is 0 Å². The van der Waals surface area contributed by atoms with Crippen molar-refractivity contribution in [3.63, 3.8) is 0 Å². The second kappa shape index (κ2) is 6.21. The molecule has 8 heteroatoms. The number of methoxy groups -OCH3 is 1. The number of carbonyl (C=O) groups is 1. The Morgan fingerprint density at radius 2 is 2.30 bits per heavy atom. The molecule has 0 aliphatic carbocycles. The molecule has 0 spiro atoms. The van der Waals surface area contributed by atoms with Gasteiger partial charge < -0.3 is 10.1 Å². The fourth-order valence-electron chi connectivity index (χ4n) is 2.27. The molecule has 1 aromatic heterocycles. The van der Waals surface area contributed by atoms with Crippen LogP contribution in [-0.2, 0) is 14.8 Å². The van der Waals surface area contributed by atoms with Gasteiger partial charge in [-0.3, -0.25) is 0 Å². The molecule has 2 rings (SSSR count). The second-order valence-corrected chi connectivity index (χ2v) is 7.40. The number of nitrogens with one attached hydrogen (secondary N) is 2. The van der Waals surface area contributed by atoms with Crippen molar-refractivity contribution in [1.82, 2.24) is 10.0 Å². The SMILES string of the molecule is COC(=O)c1sccc1S(=O)(=O)NC1CCNC(C)C1. The zero-order chi connectivity index (χ0) is 14.8. The summed E-state index contributed by atoms with van der Waals surface area (Å²) in [4.78, 5) is 11.7. The van der Waals surface area contributed by atoms with E-state index in [1.165, 1.54) is 13.2 Å². The fraction of sp³-hybridized carbons (Fsp3) is 0.583. The minimum Gasteiger partial charge on any atom is -0.465 e. The van der Waals surface area contributed by atoms with Crippen LogP contribution in [0.2, 0.25) is 0 Å². The van der Waals surface area contributed by atoms with Gasteiger partial charge in [0.15, 0.2) is 0 Å². The van der Waals surface area contributed by atoms with Crippen molar-refractivity contribution in [3.05, 3.63) is 16.3 Å². The van der Waals surface area contributed by atoms with Crippen molar-refractivity contribution in [2.75, 3.05) is 13.7 Å². The molecule has 1 aliphatic rings. The first-order chi connectivity index (χ1) is 9.44. The van der Waals surface area contributed by atoms with Gasteiger partial charge in [-0.2, -0.15) is 0 Å². The molecule has 2 atom stereocenters. The summed E-state index contributed by atoms with van der Waals surface area (Å²) in [6.07, 6.45) is 1.47. The molecule has 1 fully saturated rings. The number of carbonyl (C=O) groups excluding carboxylic acids is 1. The molecule has 1 aromatic rings. The molecule has 1 aliphatic heterocycles. The highest BCUT2D eigenvalue weighted by Crippen LogP contribution is 2.23. The van der Waals surface area contributed by atoms with E-state index in [1.54, 1.807) is 5.38 Å². The number of esters is 1. The number of hydrogen-bond acceptors (Lipinski definition) is 6. The zero-order valence-electron chi connectivity index (χ0n) is 11.4. The third kappa shape index (κ3) is 3.38. The molecule has 6 nitrogen and oxygen atoms in total. The van der Waals surface area contributed by atoms with Crippen molar-refractivity contribution in [1.29, 1.82) is 0 Å². The Balaban J connectivity index is 2.18. The maximum Gasteiger partial charge on any atom is 0.349 e. The van der Waals surface area contributed by atoms with E-state index in [9.17, 15) is 13.2 Å². The maximum atomic E-state index is 12.4. The molecule has 1 saturated heterocycles. The Bertz CT molecular complexity index is 582. The molecule has 0 bridgehead atoms. The molecule has 0 aromatic carbocycles. The molecule has 0 amide bonds. The summed E-state index contributed by atoms with van der Waals surface area (Å²) in [7, 11) is -2.46. The van der Waals surface area contributed by atoms with E-state index in [0.717, 1.165) is 30.7 Å². The number of hydrogen-bond donors (Lipinski definition) is 2. The smallest absolute Gasteiger partial charge is 0.349 e. The first-order valence-electron chi connectivity index (χ1n) is 6.35. The average molecular weight is 318 g/mol. The lowest BCUT2D eigenvalue weighted by molar-refractivity contribution is 0.0602. The van der Waals surface area contributed by atoms with Gasteiger partial charge in [-0.25, -0.2) is 17.9 Å². The lowest BCUT2D eigenvalue weighted by Gasteiger charge is -2.28. The predicted molar refractivity (Wildman–Crippen MR) is 76.5 cm³/mol. The van der Waals surface area contributed by atoms with Gasteiger partial charge in [0.05, 0.1) is 7.11 Å². The van der Waals surface area contributed by atoms with Crippen molar-refractivity contribution in [2.45, 2.75) is 36.7 Å². The van der Waals surface area contributed by atoms with E-state index in [2.05, 4.69) is 14.8 Å². The Morgan fingerprint density at radius 3 is 2.95 bits per heavy atom. The lowest BCUT2D eigenvalue weighted by atomic mass is 10.0. The quantitative estimate of drug-likeness (QED) is 0.808. The number of piperidine rings is 1. The molecule has 112 valence electrons. The number of thiophene rings is 1. The van der Waals surface area contributed by atoms with Crippen LogP contribution in [0.4, 0.5) is 0 Å². The average Bonchev–Trinajstić information content (AvgIpc) is 2.87. The summed E-state index contributed by atoms with van der Waals surface area (Å²) in [5.41, 5.74) is 0. The van der Waals surface area contributed by atoms with Crippen LogP contribution in [0.15, 0.2) is 16.3 Å². The van der Waals surface area contributed by atoms with Gasteiger partial charge in [-0.05, 0) is 37.8 Å². The van der Waals surface area contributed by atoms with E-state index >= 15 is 0 Å². The second-order valence-electron chi connectivity index (χ2n) is 4.80. The topological polar surface area (TPSA) is 84.5 Å². The van der Waals surface area contributed by atoms with Crippen LogP contribution < -0.4 is 10.0 Å². The maximum absolute atomic E-state index is 12.4. The van der Waals surface area contributed by atoms with Gasteiger partial charge in [0.1, 0.15) is 9.77 Å². The van der Waals surface area contributed by atoms with E-state index in [0.29, 0.717) is 0 Å². The molecule has 20 heavy (non-hydrogen) atoms. The standard InChI is InChI=1S/C12H18N2O4S2/c1-8-7-9(3-5-13-8)14-20(16,17)10-4-6-19-11(10)12(15)18-2/h4,6,8-9,13-14H,3,5,7H2,1-2H3. The third-order valence-corrected chi connectivity index (χ3v) is 5.82. The van der Waals surface area contributed by atoms with Crippen LogP contribution in [0.5, 0.6) is 0 Å². The molecule has 0 saturated carbocycles. The van der Waals surface area contributed by atoms with Gasteiger partial charge >= 0.3 is 5.97 Å². The van der Waals surface area contributed by atoms with Crippen LogP contribution >= 0.6 is 11.3 Å². The third-order valence-electron chi connectivity index (χ3n) is 3.23. The summed E-state index contributed by atoms with van der Waals surface area (Å²) in [6, 6.07) is 1.60. The highest BCUT2D eigenvalue weighted by Gasteiger charge is 2.28. The summed E-state index contributed by atoms with van der Waals surface area (Å²) < 4.78 is 32.0. The molecule has 0 radical (unpaired) electrons. The van der Waals surface area contributed by atoms with Gasteiger partial charge in [-0.15, -0.1) is 11.3 Å². The van der Waals surface area contributed by atoms with Gasteiger partial charge in [0.25, 0.3) is 0 Å². The van der Waals surface area contributed by atoms with Crippen LogP contribution in [0.25, 0.3) is 0 Å². The Morgan fingerprint density at radius 1 is 1.55 bits per heavy atom. The van der Waals surface area contributed by atoms with Crippen molar-refractivity contribution in [2.24, 2.45) is 0 Å². The Kier molecular flexibility index (Phi) is 4.79. The summed E-state index contributed by atoms with van der Waals surface area (Å²) >= 11 is 1.07. The van der Waals surface area contributed by atoms with Gasteiger partial charge in [0, 0.05) is 12.1 Å². The van der Waals surface area contributed by atoms with Crippen molar-refractivity contribution >= 4 is 27.3 Å². The summed E-state index contributed by atoms with van der Waals surface area (Å²) in [6.45, 7) is 2.80. The number of sulfonamides is 1. The van der Waals surface area contributed by atoms with Crippen molar-refractivity contribution in [3.8, 4) is 0 Å². The van der Waals surface area contributed by atoms with E-state index in [-0.39, 0.29) is 21.9 Å². The van der Waals surface area contributed by atoms with E-state index in [4.69, 9.17) is 0 Å². The molecular formula is C12H18N2O4S2. The fourth-order valence-corrected chi connectivity index (χ4v) is 4.89. The number of rotatable bonds is 4. The van der Waals surface area contributed by atoms with Crippen LogP contribution in [0.1, 0.15) is 29.4 Å². The van der Waals surface area contributed by atoms with E-state index < -0.39 is 16.0 Å². The first-order valence-corrected chi connectivity index (χ1v) is 8.72. The highest BCUT2D eigenvalue weighted by molar-refractivity contribution is 7.89. The summed E-state index contributed by atoms with van der Waals surface area (Å²) in [5, 5.41) is 4.84. The number of ether oxygens (including phenoxy) is 1. The van der Waals surface area contributed by atoms with E-state index in [1.807, 2.05) is 6.92 Å². The van der Waals surface area contributed by atoms with Crippen molar-refractivity contribution < 1.29 is 17.9 Å². The summed E-state index contributed by atoms with van der Waals surface area (Å²) in [5.74, 6) is -0.626. The molecule has 2 N–H and O–H groups in total. The molecule has 2 heterocycles. The Hall–Kier alpha value is -0.960. The monoisotopic (exact) mass is 318 g/mol. The molecular weight excluding hydrogens is 300 g/mol. The minimum atomic E-state index is -3.69. The van der Waals surface area contributed by atoms with Crippen LogP contribution in [0.3, 0.4) is 0 Å². The zero-order valence-corrected chi connectivity index (χ0v) is 13.0. The van der Waals surface area contributed by atoms with Gasteiger partial charge in [0.2, 0.25) is 10.0 Å². The highest BCUT2D eigenvalue weighted by atomic mass is 32.2. The van der Waals surface area contributed by atoms with Crippen LogP contribution in [-0.4, -0.2) is 40.1 Å². The normalized spacial score (nSPS) is 23.5. The Labute approximate surface area is 122 Å². The minimum absolute atomic E-state index is 0.000496. The largest absolute Gasteiger partial charge is 0.465 e. The molecule has 2 unspecified atom stereocenters. The van der Waals surface area contributed by atoms with Crippen LogP contribution in [0, 0.1) is 0 Å².